The van der Waals surface area contributed by atoms with Gasteiger partial charge in [0.25, 0.3) is 5.91 Å². The van der Waals surface area contributed by atoms with Gasteiger partial charge in [-0.05, 0) is 187 Å². The van der Waals surface area contributed by atoms with E-state index in [-0.39, 0.29) is 82.2 Å². The molecule has 12 atom stereocenters. The monoisotopic (exact) mass is 1860 g/mol. The Morgan fingerprint density at radius 3 is 1.33 bits per heavy atom. The van der Waals surface area contributed by atoms with E-state index in [4.69, 9.17) is 23.7 Å². The fourth-order valence-corrected chi connectivity index (χ4v) is 17.1. The van der Waals surface area contributed by atoms with E-state index in [1.807, 2.05) is 78.9 Å². The Kier molecular flexibility index (Phi) is 33.6. The standard InChI is InChI=1S/C100H132N14O19S/c1-22-28-66-54-80(112(56-66)91(122)82(96(5,6)7)105-84(115)60(3)110(20)94(125)132-99(14,15)16)89(120)102-76(52-64-33-39-67-29-24-26-31-69(67)48-64)86(117)101-78(88(119)108-134(127,128)75-45-46-75)50-62-37-43-74(44-38-62)130-59-71-57-114(109-107-71)72-55-81(113(58-72)92(123)83(97(8,9)10)106-85(116)61(4)111(21)95(126)133-100(17,18)19)90(121)103-77(53-65-34-40-68-30-25-27-32-70(68)49-65)87(118)104-79(93(124)131-98(11,12)13)51-63-35-41-73(42-36-63)129-47-23-2/h22-27,29-44,48-49,57,60-61,66,72,75-83H,1-2,28,45-47,50-56,58-59H2,3-21H3,(H,101,117)(H,102,120)(H,103,121)(H,104,118)(H,105,115)(H,106,116)(H,108,119)/t60-,61-,66-,72-,76-,77-,78-,79-,80-,81-,82+,83+/m0/s1. The Morgan fingerprint density at radius 2 is 0.888 bits per heavy atom. The van der Waals surface area contributed by atoms with Gasteiger partial charge in [-0.15, -0.1) is 11.7 Å². The van der Waals surface area contributed by atoms with Gasteiger partial charge in [0.15, 0.2) is 0 Å². The van der Waals surface area contributed by atoms with E-state index in [0.29, 0.717) is 47.3 Å². The van der Waals surface area contributed by atoms with Crippen LogP contribution in [0.4, 0.5) is 9.59 Å². The van der Waals surface area contributed by atoms with Crippen LogP contribution in [0.3, 0.4) is 0 Å². The van der Waals surface area contributed by atoms with Gasteiger partial charge in [0.05, 0.1) is 17.5 Å². The molecule has 6 aromatic carbocycles. The molecular weight excluding hydrogens is 1730 g/mol. The van der Waals surface area contributed by atoms with Crippen molar-refractivity contribution in [3.63, 3.8) is 0 Å². The normalized spacial score (nSPS) is 17.7. The fraction of sp³-hybridized carbons (Fsp3) is 0.500. The van der Waals surface area contributed by atoms with E-state index in [9.17, 15) is 37.2 Å². The van der Waals surface area contributed by atoms with Crippen LogP contribution in [0.15, 0.2) is 165 Å². The Labute approximate surface area is 785 Å². The first-order chi connectivity index (χ1) is 62.7. The van der Waals surface area contributed by atoms with Crippen LogP contribution in [0.5, 0.6) is 11.5 Å². The number of sulfonamides is 1. The van der Waals surface area contributed by atoms with Crippen molar-refractivity contribution in [2.45, 2.75) is 271 Å². The number of fused-ring (bicyclic) bond motifs is 2. The predicted octanol–water partition coefficient (Wildman–Crippen LogP) is 10.4. The number of esters is 1. The van der Waals surface area contributed by atoms with Crippen molar-refractivity contribution in [2.75, 3.05) is 33.8 Å². The van der Waals surface area contributed by atoms with E-state index in [1.165, 1.54) is 42.4 Å². The lowest BCUT2D eigenvalue weighted by Gasteiger charge is -2.37. The number of allylic oxidation sites excluding steroid dienone is 1. The largest absolute Gasteiger partial charge is 0.490 e. The molecule has 3 fully saturated rings. The van der Waals surface area contributed by atoms with Crippen LogP contribution in [0, 0.1) is 16.7 Å². The highest BCUT2D eigenvalue weighted by atomic mass is 32.2. The molecule has 2 aliphatic heterocycles. The molecule has 0 radical (unpaired) electrons. The highest BCUT2D eigenvalue weighted by Gasteiger charge is 2.50. The van der Waals surface area contributed by atoms with Crippen LogP contribution >= 0.6 is 0 Å². The Balaban J connectivity index is 0.908. The van der Waals surface area contributed by atoms with Crippen LogP contribution < -0.4 is 46.1 Å². The second kappa shape index (κ2) is 43.5. The number of nitrogens with one attached hydrogen (secondary N) is 7. The van der Waals surface area contributed by atoms with Crippen molar-refractivity contribution >= 4 is 103 Å². The number of likely N-dealkylation sites (tertiary alicyclic amines) is 2. The number of rotatable bonds is 37. The summed E-state index contributed by atoms with van der Waals surface area (Å²) in [5.41, 5.74) is -2.16. The molecule has 7 N–H and O–H groups in total. The first-order valence-corrected chi connectivity index (χ1v) is 46.9. The Bertz CT molecular complexity index is 5570. The number of aromatic nitrogens is 3. The maximum Gasteiger partial charge on any atom is 0.410 e. The molecule has 1 aromatic heterocycles. The number of hydrogen-bond donors (Lipinski definition) is 7. The SMILES string of the molecule is C=CCOc1ccc(C[C@H](NC(=O)[C@H](Cc2ccc3ccccc3c2)NC(=O)[C@@H]2C[C@H](n3cc(COc4ccc(C[C@H](NC(=O)[C@H](Cc5ccc6ccccc6c5)NC(=O)[C@@H]5C[C@H](CC=C)CN5C(=O)[C@@H](NC(=O)[C@H](C)N(C)C(=O)OC(C)(C)C)C(C)(C)C)C(=O)NS(=O)(=O)C5CC5)cc4)nn3)CN2C(=O)[C@@H](NC(=O)[C@H](C)N(C)C(=O)OC(C)(C)C)C(C)(C)C)C(=O)OC(C)(C)C)cc1. The van der Waals surface area contributed by atoms with Gasteiger partial charge in [-0.3, -0.25) is 57.7 Å². The summed E-state index contributed by atoms with van der Waals surface area (Å²) in [4.78, 5) is 181. The first-order valence-electron chi connectivity index (χ1n) is 45.4. The minimum absolute atomic E-state index is 0.0277. The Hall–Kier alpha value is -12.7. The molecule has 134 heavy (non-hydrogen) atoms. The number of carbonyl (C=O) groups excluding carboxylic acids is 12. The van der Waals surface area contributed by atoms with Crippen molar-refractivity contribution in [1.82, 2.24) is 71.2 Å². The Morgan fingerprint density at radius 1 is 0.478 bits per heavy atom. The van der Waals surface area contributed by atoms with E-state index in [2.05, 4.69) is 60.1 Å². The molecule has 33 nitrogen and oxygen atoms in total. The zero-order chi connectivity index (χ0) is 98.4. The summed E-state index contributed by atoms with van der Waals surface area (Å²) in [5.74, 6) is -7.01. The number of hydrogen-bond acceptors (Lipinski definition) is 21. The maximum atomic E-state index is 15.7. The summed E-state index contributed by atoms with van der Waals surface area (Å²) in [6, 6.07) is 25.7. The number of benzene rings is 6. The van der Waals surface area contributed by atoms with E-state index in [1.54, 1.807) is 177 Å². The smallest absolute Gasteiger partial charge is 0.410 e. The zero-order valence-electron chi connectivity index (χ0n) is 80.3. The third kappa shape index (κ3) is 28.7. The molecule has 2 saturated heterocycles. The minimum atomic E-state index is -4.21. The lowest BCUT2D eigenvalue weighted by Crippen LogP contribution is -2.61. The number of amides is 11. The number of likely N-dealkylation sites (N-methyl/N-ethyl adjacent to an activating group) is 2. The number of carbonyl (C=O) groups is 12. The summed E-state index contributed by atoms with van der Waals surface area (Å²) < 4.78 is 59.9. The summed E-state index contributed by atoms with van der Waals surface area (Å²) in [5, 5.41) is 28.9. The summed E-state index contributed by atoms with van der Waals surface area (Å²) in [7, 11) is -1.40. The van der Waals surface area contributed by atoms with Crippen LogP contribution in [0.25, 0.3) is 21.5 Å². The first kappa shape index (κ1) is 103. The van der Waals surface area contributed by atoms with Gasteiger partial charge in [-0.1, -0.05) is 175 Å². The average Bonchev–Trinajstić information content (AvgIpc) is 1.61. The second-order valence-electron chi connectivity index (χ2n) is 40.2. The van der Waals surface area contributed by atoms with Crippen molar-refractivity contribution in [1.29, 1.82) is 0 Å². The van der Waals surface area contributed by atoms with Crippen molar-refractivity contribution < 1.29 is 89.6 Å². The van der Waals surface area contributed by atoms with Gasteiger partial charge in [-0.25, -0.2) is 27.5 Å². The topological polar surface area (TPSA) is 413 Å². The highest BCUT2D eigenvalue weighted by molar-refractivity contribution is 7.91. The number of ether oxygens (including phenoxy) is 5. The maximum absolute atomic E-state index is 15.7. The van der Waals surface area contributed by atoms with Crippen LogP contribution in [0.2, 0.25) is 0 Å². The second-order valence-corrected chi connectivity index (χ2v) is 42.2. The summed E-state index contributed by atoms with van der Waals surface area (Å²) >= 11 is 0. The van der Waals surface area contributed by atoms with E-state index < -0.39 is 181 Å². The van der Waals surface area contributed by atoms with Crippen LogP contribution in [0.1, 0.15) is 184 Å². The molecule has 1 saturated carbocycles. The minimum Gasteiger partial charge on any atom is -0.490 e. The summed E-state index contributed by atoms with van der Waals surface area (Å²) in [6.07, 6.45) is 3.79. The highest BCUT2D eigenvalue weighted by Crippen LogP contribution is 2.36. The lowest BCUT2D eigenvalue weighted by atomic mass is 9.85. The third-order valence-corrected chi connectivity index (χ3v) is 25.3. The van der Waals surface area contributed by atoms with Gasteiger partial charge < -0.3 is 65.4 Å². The quantitative estimate of drug-likeness (QED) is 0.0108. The van der Waals surface area contributed by atoms with Gasteiger partial charge in [-0.2, -0.15) is 0 Å². The molecule has 34 heteroatoms. The van der Waals surface area contributed by atoms with Crippen LogP contribution in [-0.4, -0.2) is 231 Å². The predicted molar refractivity (Wildman–Crippen MR) is 507 cm³/mol. The zero-order valence-corrected chi connectivity index (χ0v) is 81.2. The van der Waals surface area contributed by atoms with Crippen molar-refractivity contribution in [3.05, 3.63) is 193 Å². The van der Waals surface area contributed by atoms with Crippen molar-refractivity contribution in [2.24, 2.45) is 16.7 Å². The molecule has 0 unspecified atom stereocenters. The molecular formula is C100H132N14O19S. The summed E-state index contributed by atoms with van der Waals surface area (Å²) in [6.45, 7) is 36.2. The molecule has 0 bridgehead atoms. The molecule has 722 valence electrons. The molecule has 7 aromatic rings. The third-order valence-electron chi connectivity index (χ3n) is 23.5. The van der Waals surface area contributed by atoms with Gasteiger partial charge in [0.1, 0.15) is 108 Å². The molecule has 0 spiro atoms. The van der Waals surface area contributed by atoms with Gasteiger partial charge in [0, 0.05) is 59.3 Å². The van der Waals surface area contributed by atoms with Gasteiger partial charge in [0.2, 0.25) is 57.3 Å². The average molecular weight is 1870 g/mol. The molecule has 1 aliphatic carbocycles. The molecule has 3 heterocycles. The van der Waals surface area contributed by atoms with E-state index >= 15 is 28.8 Å². The van der Waals surface area contributed by atoms with Crippen LogP contribution in [-0.2, 0) is 104 Å². The molecule has 3 aliphatic rings. The van der Waals surface area contributed by atoms with Gasteiger partial charge >= 0.3 is 18.2 Å². The van der Waals surface area contributed by atoms with E-state index in [0.717, 1.165) is 31.3 Å². The molecule has 10 rings (SSSR count). The molecule has 11 amide bonds. The number of nitrogens with zero attached hydrogens (tertiary/aromatic N) is 7. The fourth-order valence-electron chi connectivity index (χ4n) is 15.7. The van der Waals surface area contributed by atoms with Crippen molar-refractivity contribution in [3.8, 4) is 11.5 Å². The lowest BCUT2D eigenvalue weighted by molar-refractivity contribution is -0.158.